The zero-order valence-corrected chi connectivity index (χ0v) is 20.8. The summed E-state index contributed by atoms with van der Waals surface area (Å²) in [6, 6.07) is 10.9. The van der Waals surface area contributed by atoms with Crippen LogP contribution >= 0.6 is 0 Å². The van der Waals surface area contributed by atoms with Crippen molar-refractivity contribution in [2.45, 2.75) is 71.9 Å². The zero-order valence-electron chi connectivity index (χ0n) is 20.8. The van der Waals surface area contributed by atoms with Gasteiger partial charge in [-0.15, -0.1) is 0 Å². The average Bonchev–Trinajstić information content (AvgIpc) is 3.30. The molecule has 0 atom stereocenters. The highest BCUT2D eigenvalue weighted by molar-refractivity contribution is 5.74. The highest BCUT2D eigenvalue weighted by Crippen LogP contribution is 2.34. The summed E-state index contributed by atoms with van der Waals surface area (Å²) < 4.78 is 5.74. The highest BCUT2D eigenvalue weighted by atomic mass is 16.1. The van der Waals surface area contributed by atoms with E-state index in [9.17, 15) is 4.79 Å². The van der Waals surface area contributed by atoms with Gasteiger partial charge in [-0.25, -0.2) is 14.8 Å². The van der Waals surface area contributed by atoms with E-state index >= 15 is 0 Å². The number of aromatic nitrogens is 6. The van der Waals surface area contributed by atoms with E-state index in [1.165, 1.54) is 11.3 Å². The van der Waals surface area contributed by atoms with Crippen molar-refractivity contribution in [2.24, 2.45) is 13.0 Å². The van der Waals surface area contributed by atoms with Crippen LogP contribution in [0.5, 0.6) is 0 Å². The van der Waals surface area contributed by atoms with Gasteiger partial charge in [-0.2, -0.15) is 5.10 Å². The van der Waals surface area contributed by atoms with Crippen molar-refractivity contribution >= 4 is 11.2 Å². The number of benzene rings is 1. The van der Waals surface area contributed by atoms with Crippen LogP contribution in [0.4, 0.5) is 0 Å². The van der Waals surface area contributed by atoms with Gasteiger partial charge in [0.05, 0.1) is 17.9 Å². The molecule has 0 bridgehead atoms. The van der Waals surface area contributed by atoms with Gasteiger partial charge in [-0.05, 0) is 63.0 Å². The molecule has 178 valence electrons. The number of aryl methyl sites for hydroxylation is 3. The fourth-order valence-electron chi connectivity index (χ4n) is 5.52. The van der Waals surface area contributed by atoms with Crippen LogP contribution in [0.2, 0.25) is 0 Å². The van der Waals surface area contributed by atoms with E-state index in [2.05, 4.69) is 61.6 Å². The summed E-state index contributed by atoms with van der Waals surface area (Å²) in [6.07, 6.45) is 6.15. The van der Waals surface area contributed by atoms with Crippen molar-refractivity contribution in [3.05, 3.63) is 64.0 Å². The molecule has 1 saturated carbocycles. The Morgan fingerprint density at radius 1 is 1.09 bits per heavy atom. The quantitative estimate of drug-likeness (QED) is 0.414. The molecule has 0 amide bonds. The third-order valence-electron chi connectivity index (χ3n) is 7.36. The topological polar surface area (TPSA) is 70.5 Å². The molecule has 1 aliphatic carbocycles. The SMILES string of the molecule is Cc1cc(C)n([C@H]2CC[C@@H](Cn3c(=O)n(C)c4cnc(-c5ccccc5C(C)C)nc43)CC2)n1. The Kier molecular flexibility index (Phi) is 5.88. The molecule has 34 heavy (non-hydrogen) atoms. The average molecular weight is 459 g/mol. The molecule has 3 aromatic heterocycles. The van der Waals surface area contributed by atoms with E-state index in [1.807, 2.05) is 17.7 Å². The van der Waals surface area contributed by atoms with Crippen molar-refractivity contribution in [2.75, 3.05) is 0 Å². The Hall–Kier alpha value is -3.22. The fourth-order valence-corrected chi connectivity index (χ4v) is 5.52. The van der Waals surface area contributed by atoms with Gasteiger partial charge in [0.2, 0.25) is 0 Å². The number of fused-ring (bicyclic) bond motifs is 1. The number of imidazole rings is 1. The second-order valence-corrected chi connectivity index (χ2v) is 10.1. The molecule has 3 heterocycles. The normalized spacial score (nSPS) is 18.8. The molecule has 5 rings (SSSR count). The first kappa shape index (κ1) is 22.6. The number of nitrogens with zero attached hydrogens (tertiary/aromatic N) is 6. The molecule has 1 aliphatic rings. The predicted molar refractivity (Wildman–Crippen MR) is 135 cm³/mol. The number of hydrogen-bond acceptors (Lipinski definition) is 4. The predicted octanol–water partition coefficient (Wildman–Crippen LogP) is 5.17. The number of hydrogen-bond donors (Lipinski definition) is 0. The van der Waals surface area contributed by atoms with E-state index < -0.39 is 0 Å². The minimum Gasteiger partial charge on any atom is -0.292 e. The summed E-state index contributed by atoms with van der Waals surface area (Å²) in [5.41, 5.74) is 6.07. The van der Waals surface area contributed by atoms with Gasteiger partial charge in [-0.3, -0.25) is 13.8 Å². The van der Waals surface area contributed by atoms with E-state index in [0.29, 0.717) is 30.2 Å². The summed E-state index contributed by atoms with van der Waals surface area (Å²) in [5, 5.41) is 4.70. The van der Waals surface area contributed by atoms with E-state index in [1.54, 1.807) is 10.8 Å². The van der Waals surface area contributed by atoms with Crippen molar-refractivity contribution < 1.29 is 0 Å². The molecule has 7 heteroatoms. The summed E-state index contributed by atoms with van der Waals surface area (Å²) in [5.74, 6) is 1.51. The molecule has 0 saturated heterocycles. The lowest BCUT2D eigenvalue weighted by Crippen LogP contribution is -2.28. The lowest BCUT2D eigenvalue weighted by Gasteiger charge is -2.29. The van der Waals surface area contributed by atoms with Crippen LogP contribution in [-0.2, 0) is 13.6 Å². The van der Waals surface area contributed by atoms with E-state index in [-0.39, 0.29) is 5.69 Å². The molecule has 0 unspecified atom stereocenters. The van der Waals surface area contributed by atoms with Crippen LogP contribution in [-0.4, -0.2) is 28.9 Å². The molecular formula is C27H34N6O. The lowest BCUT2D eigenvalue weighted by atomic mass is 9.86. The minimum absolute atomic E-state index is 0.0146. The molecule has 1 aromatic carbocycles. The Morgan fingerprint density at radius 2 is 1.82 bits per heavy atom. The van der Waals surface area contributed by atoms with E-state index in [0.717, 1.165) is 48.1 Å². The molecule has 0 aliphatic heterocycles. The van der Waals surface area contributed by atoms with Gasteiger partial charge in [0.25, 0.3) is 0 Å². The maximum atomic E-state index is 13.2. The van der Waals surface area contributed by atoms with Crippen LogP contribution in [0.15, 0.2) is 41.3 Å². The Bertz CT molecular complexity index is 1380. The van der Waals surface area contributed by atoms with Gasteiger partial charge < -0.3 is 0 Å². The van der Waals surface area contributed by atoms with Crippen LogP contribution in [0.3, 0.4) is 0 Å². The Morgan fingerprint density at radius 3 is 2.50 bits per heavy atom. The minimum atomic E-state index is -0.0146. The monoisotopic (exact) mass is 458 g/mol. The largest absolute Gasteiger partial charge is 0.330 e. The molecule has 1 fully saturated rings. The van der Waals surface area contributed by atoms with Crippen LogP contribution in [0.1, 0.15) is 68.4 Å². The fraction of sp³-hybridized carbons (Fsp3) is 0.481. The summed E-state index contributed by atoms with van der Waals surface area (Å²) in [6.45, 7) is 9.24. The van der Waals surface area contributed by atoms with Gasteiger partial charge in [0, 0.05) is 24.8 Å². The molecule has 4 aromatic rings. The second-order valence-electron chi connectivity index (χ2n) is 10.1. The van der Waals surface area contributed by atoms with Gasteiger partial charge in [-0.1, -0.05) is 38.1 Å². The molecular weight excluding hydrogens is 424 g/mol. The first-order valence-corrected chi connectivity index (χ1v) is 12.4. The molecule has 7 nitrogen and oxygen atoms in total. The first-order valence-electron chi connectivity index (χ1n) is 12.4. The standard InChI is InChI=1S/C27H34N6O/c1-17(2)22-8-6-7-9-23(22)25-28-15-24-26(29-25)32(27(34)31(24)5)16-20-10-12-21(13-11-20)33-19(4)14-18(3)30-33/h6-9,14-15,17,20-21H,10-13,16H2,1-5H3/t20-,21+. The summed E-state index contributed by atoms with van der Waals surface area (Å²) in [4.78, 5) is 22.7. The third kappa shape index (κ3) is 3.97. The molecule has 0 radical (unpaired) electrons. The van der Waals surface area contributed by atoms with Crippen molar-refractivity contribution in [3.63, 3.8) is 0 Å². The summed E-state index contributed by atoms with van der Waals surface area (Å²) >= 11 is 0. The Balaban J connectivity index is 1.43. The molecule has 0 N–H and O–H groups in total. The maximum absolute atomic E-state index is 13.2. The second kappa shape index (κ2) is 8.85. The van der Waals surface area contributed by atoms with Crippen molar-refractivity contribution in [1.29, 1.82) is 0 Å². The van der Waals surface area contributed by atoms with Crippen LogP contribution in [0.25, 0.3) is 22.6 Å². The maximum Gasteiger partial charge on any atom is 0.330 e. The van der Waals surface area contributed by atoms with E-state index in [4.69, 9.17) is 10.1 Å². The summed E-state index contributed by atoms with van der Waals surface area (Å²) in [7, 11) is 1.81. The van der Waals surface area contributed by atoms with Crippen LogP contribution < -0.4 is 5.69 Å². The van der Waals surface area contributed by atoms with Crippen molar-refractivity contribution in [3.8, 4) is 11.4 Å². The highest BCUT2D eigenvalue weighted by Gasteiger charge is 2.26. The Labute approximate surface area is 200 Å². The van der Waals surface area contributed by atoms with Gasteiger partial charge in [0.1, 0.15) is 5.52 Å². The number of rotatable bonds is 5. The lowest BCUT2D eigenvalue weighted by molar-refractivity contribution is 0.238. The molecule has 0 spiro atoms. The third-order valence-corrected chi connectivity index (χ3v) is 7.36. The first-order chi connectivity index (χ1) is 16.3. The van der Waals surface area contributed by atoms with Crippen LogP contribution in [0, 0.1) is 19.8 Å². The van der Waals surface area contributed by atoms with Gasteiger partial charge in [0.15, 0.2) is 11.5 Å². The van der Waals surface area contributed by atoms with Gasteiger partial charge >= 0.3 is 5.69 Å². The smallest absolute Gasteiger partial charge is 0.292 e. The van der Waals surface area contributed by atoms with Crippen molar-refractivity contribution in [1.82, 2.24) is 28.9 Å². The zero-order chi connectivity index (χ0) is 24.0.